The summed E-state index contributed by atoms with van der Waals surface area (Å²) in [6.07, 6.45) is 0. The van der Waals surface area contributed by atoms with Crippen LogP contribution >= 0.6 is 0 Å². The molecule has 0 bridgehead atoms. The number of rotatable bonds is 4. The van der Waals surface area contributed by atoms with E-state index in [4.69, 9.17) is 0 Å². The first kappa shape index (κ1) is 14.8. The SMILES string of the molecule is Cc1ccc(C(C)(O)CS(=O)(=O)c2ccccc2)cc1. The van der Waals surface area contributed by atoms with Crippen molar-refractivity contribution in [1.29, 1.82) is 0 Å². The van der Waals surface area contributed by atoms with Crippen molar-refractivity contribution in [2.24, 2.45) is 0 Å². The molecule has 0 aliphatic heterocycles. The van der Waals surface area contributed by atoms with Crippen molar-refractivity contribution in [2.75, 3.05) is 5.75 Å². The second-order valence-electron chi connectivity index (χ2n) is 5.21. The molecule has 4 heteroatoms. The van der Waals surface area contributed by atoms with E-state index in [2.05, 4.69) is 0 Å². The van der Waals surface area contributed by atoms with Crippen molar-refractivity contribution in [1.82, 2.24) is 0 Å². The fourth-order valence-corrected chi connectivity index (χ4v) is 3.72. The van der Waals surface area contributed by atoms with Crippen LogP contribution in [0.4, 0.5) is 0 Å². The Morgan fingerprint density at radius 3 is 2.10 bits per heavy atom. The molecule has 106 valence electrons. The van der Waals surface area contributed by atoms with Gasteiger partial charge in [0.15, 0.2) is 9.84 Å². The molecular weight excluding hydrogens is 272 g/mol. The second-order valence-corrected chi connectivity index (χ2v) is 7.20. The minimum atomic E-state index is -3.53. The number of aliphatic hydroxyl groups is 1. The molecule has 2 aromatic carbocycles. The van der Waals surface area contributed by atoms with Crippen LogP contribution in [0.3, 0.4) is 0 Å². The zero-order valence-corrected chi connectivity index (χ0v) is 12.4. The molecule has 1 atom stereocenters. The number of hydrogen-bond donors (Lipinski definition) is 1. The molecule has 20 heavy (non-hydrogen) atoms. The van der Waals surface area contributed by atoms with Gasteiger partial charge in [0.25, 0.3) is 0 Å². The Kier molecular flexibility index (Phi) is 3.97. The Hall–Kier alpha value is -1.65. The van der Waals surface area contributed by atoms with Crippen LogP contribution in [0.15, 0.2) is 59.5 Å². The fourth-order valence-electron chi connectivity index (χ4n) is 2.08. The Morgan fingerprint density at radius 1 is 1.00 bits per heavy atom. The molecule has 0 aliphatic rings. The summed E-state index contributed by atoms with van der Waals surface area (Å²) in [4.78, 5) is 0.229. The van der Waals surface area contributed by atoms with Crippen molar-refractivity contribution < 1.29 is 13.5 Å². The third-order valence-electron chi connectivity index (χ3n) is 3.25. The summed E-state index contributed by atoms with van der Waals surface area (Å²) in [5.74, 6) is -0.340. The molecule has 0 aliphatic carbocycles. The second kappa shape index (κ2) is 5.38. The molecule has 0 saturated carbocycles. The van der Waals surface area contributed by atoms with Gasteiger partial charge in [0.2, 0.25) is 0 Å². The van der Waals surface area contributed by atoms with E-state index in [0.29, 0.717) is 5.56 Å². The maximum absolute atomic E-state index is 12.3. The number of benzene rings is 2. The molecule has 0 spiro atoms. The molecule has 2 aromatic rings. The van der Waals surface area contributed by atoms with Gasteiger partial charge in [-0.2, -0.15) is 0 Å². The van der Waals surface area contributed by atoms with Crippen LogP contribution in [0.25, 0.3) is 0 Å². The monoisotopic (exact) mass is 290 g/mol. The minimum absolute atomic E-state index is 0.229. The van der Waals surface area contributed by atoms with Gasteiger partial charge in [0.1, 0.15) is 5.60 Å². The van der Waals surface area contributed by atoms with Crippen LogP contribution in [-0.2, 0) is 15.4 Å². The molecule has 1 N–H and O–H groups in total. The van der Waals surface area contributed by atoms with Gasteiger partial charge in [-0.1, -0.05) is 48.0 Å². The predicted octanol–water partition coefficient (Wildman–Crippen LogP) is 2.68. The van der Waals surface area contributed by atoms with Gasteiger partial charge in [-0.3, -0.25) is 0 Å². The average Bonchev–Trinajstić information content (AvgIpc) is 2.39. The smallest absolute Gasteiger partial charge is 0.181 e. The van der Waals surface area contributed by atoms with Gasteiger partial charge < -0.3 is 5.11 Å². The normalized spacial score (nSPS) is 14.8. The maximum Gasteiger partial charge on any atom is 0.181 e. The topological polar surface area (TPSA) is 54.4 Å². The van der Waals surface area contributed by atoms with Gasteiger partial charge in [0.05, 0.1) is 10.6 Å². The third-order valence-corrected chi connectivity index (χ3v) is 5.18. The lowest BCUT2D eigenvalue weighted by Gasteiger charge is -2.23. The minimum Gasteiger partial charge on any atom is -0.384 e. The van der Waals surface area contributed by atoms with Crippen LogP contribution in [0, 0.1) is 6.92 Å². The van der Waals surface area contributed by atoms with Gasteiger partial charge >= 0.3 is 0 Å². The predicted molar refractivity (Wildman–Crippen MR) is 79.2 cm³/mol. The van der Waals surface area contributed by atoms with E-state index in [9.17, 15) is 13.5 Å². The molecule has 0 heterocycles. The van der Waals surface area contributed by atoms with Crippen molar-refractivity contribution in [2.45, 2.75) is 24.3 Å². The van der Waals surface area contributed by atoms with Crippen LogP contribution in [0.1, 0.15) is 18.1 Å². The molecule has 0 fully saturated rings. The van der Waals surface area contributed by atoms with E-state index < -0.39 is 15.4 Å². The zero-order valence-electron chi connectivity index (χ0n) is 11.6. The highest BCUT2D eigenvalue weighted by Crippen LogP contribution is 2.25. The van der Waals surface area contributed by atoms with Crippen LogP contribution in [-0.4, -0.2) is 19.3 Å². The van der Waals surface area contributed by atoms with Gasteiger partial charge in [-0.05, 0) is 31.5 Å². The Morgan fingerprint density at radius 2 is 1.55 bits per heavy atom. The number of aryl methyl sites for hydroxylation is 1. The van der Waals surface area contributed by atoms with Gasteiger partial charge in [-0.25, -0.2) is 8.42 Å². The molecular formula is C16H18O3S. The first-order valence-electron chi connectivity index (χ1n) is 6.39. The lowest BCUT2D eigenvalue weighted by Crippen LogP contribution is -2.31. The van der Waals surface area contributed by atoms with Crippen LogP contribution in [0.5, 0.6) is 0 Å². The van der Waals surface area contributed by atoms with Crippen LogP contribution < -0.4 is 0 Å². The first-order chi connectivity index (χ1) is 9.31. The Balaban J connectivity index is 2.30. The fraction of sp³-hybridized carbons (Fsp3) is 0.250. The zero-order chi connectivity index (χ0) is 14.8. The largest absolute Gasteiger partial charge is 0.384 e. The van der Waals surface area contributed by atoms with Crippen molar-refractivity contribution >= 4 is 9.84 Å². The summed E-state index contributed by atoms with van der Waals surface area (Å²) in [5, 5.41) is 10.5. The Labute approximate surface area is 119 Å². The van der Waals surface area contributed by atoms with E-state index in [1.165, 1.54) is 6.92 Å². The van der Waals surface area contributed by atoms with Crippen molar-refractivity contribution in [3.8, 4) is 0 Å². The summed E-state index contributed by atoms with van der Waals surface area (Å²) >= 11 is 0. The summed E-state index contributed by atoms with van der Waals surface area (Å²) in [7, 11) is -3.53. The molecule has 2 rings (SSSR count). The van der Waals surface area contributed by atoms with E-state index in [1.54, 1.807) is 42.5 Å². The van der Waals surface area contributed by atoms with Crippen LogP contribution in [0.2, 0.25) is 0 Å². The summed E-state index contributed by atoms with van der Waals surface area (Å²) in [6, 6.07) is 15.4. The lowest BCUT2D eigenvalue weighted by atomic mass is 9.97. The van der Waals surface area contributed by atoms with Crippen molar-refractivity contribution in [3.05, 3.63) is 65.7 Å². The summed E-state index contributed by atoms with van der Waals surface area (Å²) in [6.45, 7) is 3.47. The maximum atomic E-state index is 12.3. The standard InChI is InChI=1S/C16H18O3S/c1-13-8-10-14(11-9-13)16(2,17)12-20(18,19)15-6-4-3-5-7-15/h3-11,17H,12H2,1-2H3. The van der Waals surface area contributed by atoms with E-state index in [0.717, 1.165) is 5.56 Å². The molecule has 0 saturated heterocycles. The van der Waals surface area contributed by atoms with E-state index in [1.807, 2.05) is 19.1 Å². The highest BCUT2D eigenvalue weighted by atomic mass is 32.2. The number of hydrogen-bond acceptors (Lipinski definition) is 3. The highest BCUT2D eigenvalue weighted by molar-refractivity contribution is 7.91. The average molecular weight is 290 g/mol. The Bertz CT molecular complexity index is 671. The molecule has 1 unspecified atom stereocenters. The van der Waals surface area contributed by atoms with E-state index >= 15 is 0 Å². The molecule has 0 radical (unpaired) electrons. The quantitative estimate of drug-likeness (QED) is 0.942. The van der Waals surface area contributed by atoms with E-state index in [-0.39, 0.29) is 10.6 Å². The summed E-state index contributed by atoms with van der Waals surface area (Å²) in [5.41, 5.74) is 0.251. The first-order valence-corrected chi connectivity index (χ1v) is 8.04. The highest BCUT2D eigenvalue weighted by Gasteiger charge is 2.31. The third kappa shape index (κ3) is 3.26. The summed E-state index contributed by atoms with van der Waals surface area (Å²) < 4.78 is 24.7. The van der Waals surface area contributed by atoms with Crippen molar-refractivity contribution in [3.63, 3.8) is 0 Å². The molecule has 3 nitrogen and oxygen atoms in total. The number of sulfone groups is 1. The molecule has 0 aromatic heterocycles. The lowest BCUT2D eigenvalue weighted by molar-refractivity contribution is 0.0819. The van der Waals surface area contributed by atoms with Gasteiger partial charge in [0, 0.05) is 0 Å². The molecule has 0 amide bonds. The van der Waals surface area contributed by atoms with Gasteiger partial charge in [-0.15, -0.1) is 0 Å².